The lowest BCUT2D eigenvalue weighted by molar-refractivity contribution is -0.441. The number of likely N-dealkylation sites (N-methyl/N-ethyl adjacent to an activating group) is 1. The topological polar surface area (TPSA) is 95.2 Å². The number of aromatic nitrogens is 2. The van der Waals surface area contributed by atoms with Crippen molar-refractivity contribution >= 4 is 46.4 Å². The van der Waals surface area contributed by atoms with Gasteiger partial charge in [0.15, 0.2) is 19.4 Å². The average molecular weight is 721 g/mol. The van der Waals surface area contributed by atoms with Crippen LogP contribution in [0.1, 0.15) is 86.1 Å². The Morgan fingerprint density at radius 1 is 1.17 bits per heavy atom. The molecule has 0 bridgehead atoms. The zero-order chi connectivity index (χ0) is 38.2. The van der Waals surface area contributed by atoms with Crippen molar-refractivity contribution in [2.75, 3.05) is 31.6 Å². The van der Waals surface area contributed by atoms with Crippen molar-refractivity contribution in [2.45, 2.75) is 87.5 Å². The molecule has 0 radical (unpaired) electrons. The van der Waals surface area contributed by atoms with Crippen LogP contribution in [0.25, 0.3) is 10.9 Å². The van der Waals surface area contributed by atoms with Crippen LogP contribution in [-0.4, -0.2) is 69.0 Å². The molecule has 5 rings (SSSR count). The Labute approximate surface area is 316 Å². The summed E-state index contributed by atoms with van der Waals surface area (Å²) < 4.78 is 14.7. The molecule has 1 atom stereocenters. The van der Waals surface area contributed by atoms with E-state index in [0.29, 0.717) is 38.0 Å². The smallest absolute Gasteiger partial charge is 0.248 e. The van der Waals surface area contributed by atoms with Crippen molar-refractivity contribution in [3.63, 3.8) is 0 Å². The highest BCUT2D eigenvalue weighted by atomic mass is 16.5. The number of hydrogen-bond donors (Lipinski definition) is 1. The number of ether oxygens (including phenoxy) is 2. The molecule has 0 spiro atoms. The molecule has 0 saturated carbocycles. The number of rotatable bonds is 16. The van der Waals surface area contributed by atoms with E-state index < -0.39 is 0 Å². The number of aryl methyl sites for hydroxylation is 1. The third-order valence-electron chi connectivity index (χ3n) is 9.09. The van der Waals surface area contributed by atoms with E-state index in [9.17, 15) is 4.79 Å². The largest absolute Gasteiger partial charge is 0.476 e. The quantitative estimate of drug-likeness (QED) is 0.0894. The maximum absolute atomic E-state index is 13.1. The predicted molar refractivity (Wildman–Crippen MR) is 219 cm³/mol. The first-order chi connectivity index (χ1) is 25.9. The van der Waals surface area contributed by atoms with Crippen molar-refractivity contribution in [2.24, 2.45) is 11.0 Å². The SMILES string of the molecule is C/C=N\N1C=CC(Oc2ccc(Nc3ncnc4ccc5c(c34)OCC=[N+]5CCN(CC)C(=O)/C=C/C(CC)CCCC)cc2C)=C/C1=C\CC.CC. The Hall–Kier alpha value is -5.25. The van der Waals surface area contributed by atoms with Gasteiger partial charge in [0.1, 0.15) is 23.7 Å². The molecular formula is C43H58N7O3+. The lowest BCUT2D eigenvalue weighted by Crippen LogP contribution is -2.35. The molecule has 0 fully saturated rings. The van der Waals surface area contributed by atoms with E-state index in [2.05, 4.69) is 57.9 Å². The average Bonchev–Trinajstić information content (AvgIpc) is 3.18. The van der Waals surface area contributed by atoms with Crippen LogP contribution in [0.15, 0.2) is 89.8 Å². The highest BCUT2D eigenvalue weighted by Gasteiger charge is 2.27. The summed E-state index contributed by atoms with van der Waals surface area (Å²) in [6.45, 7) is 18.7. The van der Waals surface area contributed by atoms with E-state index in [1.165, 1.54) is 12.8 Å². The number of amides is 1. The van der Waals surface area contributed by atoms with Gasteiger partial charge in [-0.2, -0.15) is 9.68 Å². The summed E-state index contributed by atoms with van der Waals surface area (Å²) in [7, 11) is 0. The van der Waals surface area contributed by atoms with Gasteiger partial charge in [0.25, 0.3) is 0 Å². The highest BCUT2D eigenvalue weighted by molar-refractivity contribution is 5.99. The van der Waals surface area contributed by atoms with Crippen molar-refractivity contribution in [1.82, 2.24) is 19.9 Å². The summed E-state index contributed by atoms with van der Waals surface area (Å²) in [6.07, 6.45) is 22.6. The van der Waals surface area contributed by atoms with Crippen molar-refractivity contribution in [3.8, 4) is 11.5 Å². The second-order valence-electron chi connectivity index (χ2n) is 12.6. The summed E-state index contributed by atoms with van der Waals surface area (Å²) in [4.78, 5) is 24.2. The molecule has 53 heavy (non-hydrogen) atoms. The van der Waals surface area contributed by atoms with Crippen molar-refractivity contribution in [3.05, 3.63) is 90.3 Å². The molecule has 10 heteroatoms. The molecular weight excluding hydrogens is 663 g/mol. The van der Waals surface area contributed by atoms with Gasteiger partial charge < -0.3 is 19.7 Å². The number of nitrogens with zero attached hydrogens (tertiary/aromatic N) is 6. The minimum Gasteiger partial charge on any atom is -0.476 e. The summed E-state index contributed by atoms with van der Waals surface area (Å²) >= 11 is 0. The first-order valence-corrected chi connectivity index (χ1v) is 19.3. The molecule has 1 unspecified atom stereocenters. The lowest BCUT2D eigenvalue weighted by atomic mass is 9.99. The molecule has 2 aromatic carbocycles. The van der Waals surface area contributed by atoms with E-state index in [1.807, 2.05) is 99.4 Å². The zero-order valence-corrected chi connectivity index (χ0v) is 32.9. The Morgan fingerprint density at radius 3 is 2.72 bits per heavy atom. The highest BCUT2D eigenvalue weighted by Crippen LogP contribution is 2.40. The molecule has 1 N–H and O–H groups in total. The van der Waals surface area contributed by atoms with Gasteiger partial charge in [-0.15, -0.1) is 0 Å². The van der Waals surface area contributed by atoms with Gasteiger partial charge in [-0.1, -0.05) is 59.6 Å². The molecule has 3 heterocycles. The Kier molecular flexibility index (Phi) is 15.8. The number of anilines is 2. The van der Waals surface area contributed by atoms with Crippen LogP contribution in [0.3, 0.4) is 0 Å². The van der Waals surface area contributed by atoms with Crippen LogP contribution in [0, 0.1) is 12.8 Å². The molecule has 282 valence electrons. The molecule has 0 saturated heterocycles. The molecule has 2 aliphatic rings. The Balaban J connectivity index is 0.00000308. The van der Waals surface area contributed by atoms with Gasteiger partial charge in [0, 0.05) is 36.8 Å². The molecule has 1 aromatic heterocycles. The number of benzene rings is 2. The number of nitrogens with one attached hydrogen (secondary N) is 1. The van der Waals surface area contributed by atoms with Crippen LogP contribution in [-0.2, 0) is 4.79 Å². The maximum atomic E-state index is 13.1. The summed E-state index contributed by atoms with van der Waals surface area (Å²) in [6, 6.07) is 10.0. The van der Waals surface area contributed by atoms with Gasteiger partial charge in [-0.25, -0.2) is 15.0 Å². The van der Waals surface area contributed by atoms with Crippen molar-refractivity contribution < 1.29 is 18.8 Å². The monoisotopic (exact) mass is 720 g/mol. The lowest BCUT2D eigenvalue weighted by Gasteiger charge is -2.21. The fraction of sp³-hybridized carbons (Fsp3) is 0.419. The van der Waals surface area contributed by atoms with E-state index in [-0.39, 0.29) is 5.91 Å². The van der Waals surface area contributed by atoms with Gasteiger partial charge in [-0.3, -0.25) is 4.79 Å². The van der Waals surface area contributed by atoms with E-state index >= 15 is 0 Å². The first-order valence-electron chi connectivity index (χ1n) is 19.3. The van der Waals surface area contributed by atoms with E-state index in [4.69, 9.17) is 9.47 Å². The molecule has 2 aliphatic heterocycles. The summed E-state index contributed by atoms with van der Waals surface area (Å²) in [5, 5.41) is 10.5. The number of hydrogen-bond acceptors (Lipinski definition) is 8. The predicted octanol–water partition coefficient (Wildman–Crippen LogP) is 9.83. The van der Waals surface area contributed by atoms with Gasteiger partial charge in [-0.05, 0) is 87.9 Å². The Morgan fingerprint density at radius 2 is 2.00 bits per heavy atom. The minimum atomic E-state index is 0.0596. The standard InChI is InChI=1S/C41H52N7O3.C2H6/c1-7-12-14-31(9-3)15-20-38(49)46(11-5)23-24-47-25-26-50-40-36(47)18-17-35-39(40)41(43-29-42-35)45-32-16-19-37(30(6)27-32)51-34-21-22-48(44-10-4)33(28-34)13-8-2;1-2/h10,13,15-22,25,27-29,31H,7-9,11-12,14,23-24,26H2,1-6H3,(H,42,43,45);1-2H3/q+1;/b20-15+,33-13+,44-10-;. The summed E-state index contributed by atoms with van der Waals surface area (Å²) in [5.41, 5.74) is 4.50. The molecule has 10 nitrogen and oxygen atoms in total. The molecule has 3 aromatic rings. The summed E-state index contributed by atoms with van der Waals surface area (Å²) in [5.74, 6) is 3.38. The molecule has 1 amide bonds. The fourth-order valence-corrected chi connectivity index (χ4v) is 6.23. The molecule has 0 aliphatic carbocycles. The minimum absolute atomic E-state index is 0.0596. The third kappa shape index (κ3) is 10.7. The number of carbonyl (C=O) groups excluding carboxylic acids is 1. The Bertz CT molecular complexity index is 1870. The van der Waals surface area contributed by atoms with Crippen LogP contribution >= 0.6 is 0 Å². The van der Waals surface area contributed by atoms with Crippen LogP contribution in [0.5, 0.6) is 11.5 Å². The van der Waals surface area contributed by atoms with Gasteiger partial charge in [0.2, 0.25) is 17.3 Å². The first kappa shape index (κ1) is 40.5. The number of carbonyl (C=O) groups is 1. The van der Waals surface area contributed by atoms with Gasteiger partial charge in [0.05, 0.1) is 23.1 Å². The maximum Gasteiger partial charge on any atom is 0.248 e. The normalized spacial score (nSPS) is 15.1. The van der Waals surface area contributed by atoms with Crippen LogP contribution < -0.4 is 14.8 Å². The van der Waals surface area contributed by atoms with E-state index in [0.717, 1.165) is 70.1 Å². The van der Waals surface area contributed by atoms with E-state index in [1.54, 1.807) is 18.6 Å². The fourth-order valence-electron chi connectivity index (χ4n) is 6.23. The third-order valence-corrected chi connectivity index (χ3v) is 9.09. The second-order valence-corrected chi connectivity index (χ2v) is 12.6. The van der Waals surface area contributed by atoms with Crippen LogP contribution in [0.2, 0.25) is 0 Å². The van der Waals surface area contributed by atoms with Gasteiger partial charge >= 0.3 is 0 Å². The number of hydrazone groups is 1. The number of unbranched alkanes of at least 4 members (excludes halogenated alkanes) is 1. The van der Waals surface area contributed by atoms with Crippen LogP contribution in [0.4, 0.5) is 17.2 Å². The second kappa shape index (κ2) is 20.7. The zero-order valence-electron chi connectivity index (χ0n) is 32.9. The number of fused-ring (bicyclic) bond motifs is 3. The number of allylic oxidation sites excluding steroid dienone is 4. The van der Waals surface area contributed by atoms with Crippen molar-refractivity contribution in [1.29, 1.82) is 0 Å².